The maximum absolute atomic E-state index is 12.4. The first kappa shape index (κ1) is 15.1. The Bertz CT molecular complexity index is 493. The predicted molar refractivity (Wildman–Crippen MR) is 83.7 cm³/mol. The van der Waals surface area contributed by atoms with Gasteiger partial charge in [0.15, 0.2) is 0 Å². The Kier molecular flexibility index (Phi) is 5.21. The van der Waals surface area contributed by atoms with E-state index in [-0.39, 0.29) is 11.9 Å². The summed E-state index contributed by atoms with van der Waals surface area (Å²) in [6.07, 6.45) is 4.44. The Morgan fingerprint density at radius 3 is 2.80 bits per heavy atom. The van der Waals surface area contributed by atoms with Crippen LogP contribution in [0.15, 0.2) is 30.3 Å². The molecule has 0 bridgehead atoms. The minimum absolute atomic E-state index is 0.0496. The zero-order valence-corrected chi connectivity index (χ0v) is 12.7. The standard InChI is InChI=1S/C16H21ClN2O/c1-12(2)19(14-9-10-18-11-14)16(20)8-7-13-5-3-4-6-15(13)17/h3-8,12,14,18H,9-11H2,1-2H3/b8-7+. The zero-order chi connectivity index (χ0) is 14.5. The number of hydrogen-bond acceptors (Lipinski definition) is 2. The van der Waals surface area contributed by atoms with E-state index in [0.717, 1.165) is 25.1 Å². The number of hydrogen-bond donors (Lipinski definition) is 1. The van der Waals surface area contributed by atoms with Gasteiger partial charge in [-0.1, -0.05) is 29.8 Å². The summed E-state index contributed by atoms with van der Waals surface area (Å²) in [5.74, 6) is 0.0496. The van der Waals surface area contributed by atoms with Crippen molar-refractivity contribution in [1.29, 1.82) is 0 Å². The van der Waals surface area contributed by atoms with Gasteiger partial charge < -0.3 is 10.2 Å². The average molecular weight is 293 g/mol. The Morgan fingerprint density at radius 2 is 2.20 bits per heavy atom. The largest absolute Gasteiger partial charge is 0.332 e. The van der Waals surface area contributed by atoms with Crippen LogP contribution in [0, 0.1) is 0 Å². The fourth-order valence-electron chi connectivity index (χ4n) is 2.59. The van der Waals surface area contributed by atoms with Gasteiger partial charge in [0.25, 0.3) is 0 Å². The summed E-state index contributed by atoms with van der Waals surface area (Å²) in [5.41, 5.74) is 0.871. The van der Waals surface area contributed by atoms with Gasteiger partial charge in [0.05, 0.1) is 0 Å². The van der Waals surface area contributed by atoms with Crippen molar-refractivity contribution in [2.24, 2.45) is 0 Å². The van der Waals surface area contributed by atoms with Gasteiger partial charge in [-0.2, -0.15) is 0 Å². The summed E-state index contributed by atoms with van der Waals surface area (Å²) in [5, 5.41) is 3.97. The lowest BCUT2D eigenvalue weighted by molar-refractivity contribution is -0.129. The SMILES string of the molecule is CC(C)N(C(=O)/C=C/c1ccccc1Cl)C1CCNC1. The molecule has 1 aliphatic heterocycles. The lowest BCUT2D eigenvalue weighted by Gasteiger charge is -2.31. The quantitative estimate of drug-likeness (QED) is 0.866. The van der Waals surface area contributed by atoms with Gasteiger partial charge in [-0.3, -0.25) is 4.79 Å². The van der Waals surface area contributed by atoms with E-state index >= 15 is 0 Å². The summed E-state index contributed by atoms with van der Waals surface area (Å²) in [4.78, 5) is 14.4. The van der Waals surface area contributed by atoms with Crippen molar-refractivity contribution in [2.75, 3.05) is 13.1 Å². The maximum Gasteiger partial charge on any atom is 0.247 e. The molecule has 0 radical (unpaired) electrons. The van der Waals surface area contributed by atoms with Crippen LogP contribution in [0.5, 0.6) is 0 Å². The summed E-state index contributed by atoms with van der Waals surface area (Å²) < 4.78 is 0. The second kappa shape index (κ2) is 6.91. The molecule has 4 heteroatoms. The Balaban J connectivity index is 2.10. The van der Waals surface area contributed by atoms with Gasteiger partial charge in [-0.05, 0) is 44.5 Å². The molecule has 0 aromatic heterocycles. The molecule has 1 heterocycles. The monoisotopic (exact) mass is 292 g/mol. The lowest BCUT2D eigenvalue weighted by atomic mass is 10.1. The van der Waals surface area contributed by atoms with E-state index in [1.165, 1.54) is 0 Å². The Labute approximate surface area is 125 Å². The maximum atomic E-state index is 12.4. The highest BCUT2D eigenvalue weighted by Crippen LogP contribution is 2.18. The molecule has 108 valence electrons. The van der Waals surface area contributed by atoms with Crippen molar-refractivity contribution in [2.45, 2.75) is 32.4 Å². The van der Waals surface area contributed by atoms with Crippen LogP contribution in [0.25, 0.3) is 6.08 Å². The van der Waals surface area contributed by atoms with Crippen LogP contribution in [0.3, 0.4) is 0 Å². The summed E-state index contributed by atoms with van der Waals surface area (Å²) in [6.45, 7) is 5.97. The number of amides is 1. The number of nitrogens with zero attached hydrogens (tertiary/aromatic N) is 1. The van der Waals surface area contributed by atoms with Crippen LogP contribution >= 0.6 is 11.6 Å². The molecule has 1 fully saturated rings. The minimum atomic E-state index is 0.0496. The van der Waals surface area contributed by atoms with Crippen molar-refractivity contribution in [3.05, 3.63) is 40.9 Å². The molecule has 1 aromatic rings. The average Bonchev–Trinajstić information content (AvgIpc) is 2.91. The molecule has 1 aliphatic rings. The summed E-state index contributed by atoms with van der Waals surface area (Å²) in [7, 11) is 0. The Morgan fingerprint density at radius 1 is 1.45 bits per heavy atom. The molecule has 0 aliphatic carbocycles. The van der Waals surface area contributed by atoms with E-state index in [4.69, 9.17) is 11.6 Å². The number of carbonyl (C=O) groups is 1. The van der Waals surface area contributed by atoms with Gasteiger partial charge in [-0.25, -0.2) is 0 Å². The van der Waals surface area contributed by atoms with Crippen molar-refractivity contribution >= 4 is 23.6 Å². The number of benzene rings is 1. The van der Waals surface area contributed by atoms with Crippen LogP contribution in [-0.4, -0.2) is 36.0 Å². The number of rotatable bonds is 4. The van der Waals surface area contributed by atoms with Crippen molar-refractivity contribution in [1.82, 2.24) is 10.2 Å². The fourth-order valence-corrected chi connectivity index (χ4v) is 2.79. The first-order chi connectivity index (χ1) is 9.59. The van der Waals surface area contributed by atoms with Crippen molar-refractivity contribution in [3.8, 4) is 0 Å². The third kappa shape index (κ3) is 3.62. The van der Waals surface area contributed by atoms with E-state index < -0.39 is 0 Å². The highest BCUT2D eigenvalue weighted by Gasteiger charge is 2.27. The molecule has 1 unspecified atom stereocenters. The van der Waals surface area contributed by atoms with E-state index in [1.807, 2.05) is 29.2 Å². The molecule has 1 atom stereocenters. The predicted octanol–water partition coefficient (Wildman–Crippen LogP) is 2.95. The first-order valence-corrected chi connectivity index (χ1v) is 7.43. The molecule has 1 amide bonds. The molecule has 0 spiro atoms. The van der Waals surface area contributed by atoms with Crippen LogP contribution in [-0.2, 0) is 4.79 Å². The topological polar surface area (TPSA) is 32.3 Å². The van der Waals surface area contributed by atoms with Crippen LogP contribution < -0.4 is 5.32 Å². The molecule has 1 N–H and O–H groups in total. The van der Waals surface area contributed by atoms with Gasteiger partial charge in [-0.15, -0.1) is 0 Å². The minimum Gasteiger partial charge on any atom is -0.332 e. The normalized spacial score (nSPS) is 18.9. The molecular formula is C16H21ClN2O. The van der Waals surface area contributed by atoms with Gasteiger partial charge in [0.1, 0.15) is 0 Å². The molecule has 2 rings (SSSR count). The summed E-state index contributed by atoms with van der Waals surface area (Å²) in [6, 6.07) is 8.01. The van der Waals surface area contributed by atoms with E-state index in [0.29, 0.717) is 11.1 Å². The lowest BCUT2D eigenvalue weighted by Crippen LogP contribution is -2.45. The van der Waals surface area contributed by atoms with E-state index in [2.05, 4.69) is 19.2 Å². The van der Waals surface area contributed by atoms with Crippen LogP contribution in [0.2, 0.25) is 5.02 Å². The molecule has 1 saturated heterocycles. The second-order valence-corrected chi connectivity index (χ2v) is 5.75. The number of halogens is 1. The molecule has 20 heavy (non-hydrogen) atoms. The second-order valence-electron chi connectivity index (χ2n) is 5.34. The van der Waals surface area contributed by atoms with Gasteiger partial charge in [0, 0.05) is 29.7 Å². The number of carbonyl (C=O) groups excluding carboxylic acids is 1. The van der Waals surface area contributed by atoms with E-state index in [9.17, 15) is 4.79 Å². The third-order valence-corrected chi connectivity index (χ3v) is 3.89. The highest BCUT2D eigenvalue weighted by molar-refractivity contribution is 6.32. The molecular weight excluding hydrogens is 272 g/mol. The van der Waals surface area contributed by atoms with Crippen LogP contribution in [0.4, 0.5) is 0 Å². The number of nitrogens with one attached hydrogen (secondary N) is 1. The van der Waals surface area contributed by atoms with E-state index in [1.54, 1.807) is 12.2 Å². The fraction of sp³-hybridized carbons (Fsp3) is 0.438. The van der Waals surface area contributed by atoms with Gasteiger partial charge >= 0.3 is 0 Å². The Hall–Kier alpha value is -1.32. The highest BCUT2D eigenvalue weighted by atomic mass is 35.5. The van der Waals surface area contributed by atoms with Crippen molar-refractivity contribution in [3.63, 3.8) is 0 Å². The molecule has 1 aromatic carbocycles. The smallest absolute Gasteiger partial charge is 0.247 e. The first-order valence-electron chi connectivity index (χ1n) is 7.05. The van der Waals surface area contributed by atoms with Gasteiger partial charge in [0.2, 0.25) is 5.91 Å². The third-order valence-electron chi connectivity index (χ3n) is 3.55. The van der Waals surface area contributed by atoms with Crippen LogP contribution in [0.1, 0.15) is 25.8 Å². The zero-order valence-electron chi connectivity index (χ0n) is 12.0. The molecule has 0 saturated carbocycles. The molecule has 3 nitrogen and oxygen atoms in total. The summed E-state index contributed by atoms with van der Waals surface area (Å²) >= 11 is 6.09. The van der Waals surface area contributed by atoms with Crippen molar-refractivity contribution < 1.29 is 4.79 Å².